The molecule has 0 aliphatic carbocycles. The minimum absolute atomic E-state index is 0.111. The highest BCUT2D eigenvalue weighted by Crippen LogP contribution is 2.28. The molecule has 1 N–H and O–H groups in total. The Kier molecular flexibility index (Phi) is 4.21. The van der Waals surface area contributed by atoms with Gasteiger partial charge < -0.3 is 9.73 Å². The van der Waals surface area contributed by atoms with Crippen molar-refractivity contribution in [1.82, 2.24) is 10.3 Å². The molecular formula is C13H13F3N2O. The average molecular weight is 270 g/mol. The van der Waals surface area contributed by atoms with E-state index in [1.807, 2.05) is 6.92 Å². The van der Waals surface area contributed by atoms with Gasteiger partial charge >= 0.3 is 0 Å². The van der Waals surface area contributed by atoms with Gasteiger partial charge in [-0.1, -0.05) is 6.92 Å². The molecular weight excluding hydrogens is 257 g/mol. The van der Waals surface area contributed by atoms with Gasteiger partial charge in [-0.05, 0) is 25.1 Å². The maximum Gasteiger partial charge on any atom is 0.195 e. The van der Waals surface area contributed by atoms with Crippen molar-refractivity contribution in [3.63, 3.8) is 0 Å². The van der Waals surface area contributed by atoms with Crippen LogP contribution in [0.25, 0.3) is 11.3 Å². The fraction of sp³-hybridized carbons (Fsp3) is 0.308. The fourth-order valence-electron chi connectivity index (χ4n) is 1.70. The third-order valence-electron chi connectivity index (χ3n) is 2.64. The summed E-state index contributed by atoms with van der Waals surface area (Å²) in [5, 5.41) is 3.08. The SMILES string of the molecule is CCCNCc1ncoc1-c1ccc(F)c(F)c1F. The Balaban J connectivity index is 2.32. The minimum Gasteiger partial charge on any atom is -0.443 e. The Bertz CT molecular complexity index is 569. The molecule has 0 saturated heterocycles. The highest BCUT2D eigenvalue weighted by Gasteiger charge is 2.19. The number of halogens is 3. The molecule has 19 heavy (non-hydrogen) atoms. The second-order valence-electron chi connectivity index (χ2n) is 4.03. The third-order valence-corrected chi connectivity index (χ3v) is 2.64. The van der Waals surface area contributed by atoms with Crippen LogP contribution in [0.4, 0.5) is 13.2 Å². The maximum atomic E-state index is 13.7. The second kappa shape index (κ2) is 5.88. The Morgan fingerprint density at radius 2 is 2.00 bits per heavy atom. The van der Waals surface area contributed by atoms with Gasteiger partial charge in [-0.25, -0.2) is 18.2 Å². The predicted octanol–water partition coefficient (Wildman–Crippen LogP) is 3.26. The first-order valence-corrected chi connectivity index (χ1v) is 5.92. The molecule has 0 fully saturated rings. The van der Waals surface area contributed by atoms with E-state index in [0.29, 0.717) is 12.2 Å². The molecule has 1 heterocycles. The molecule has 1 aromatic carbocycles. The summed E-state index contributed by atoms with van der Waals surface area (Å²) < 4.78 is 44.8. The number of nitrogens with one attached hydrogen (secondary N) is 1. The zero-order valence-corrected chi connectivity index (χ0v) is 10.3. The first-order chi connectivity index (χ1) is 9.15. The molecule has 6 heteroatoms. The van der Waals surface area contributed by atoms with Crippen molar-refractivity contribution < 1.29 is 17.6 Å². The summed E-state index contributed by atoms with van der Waals surface area (Å²) in [6.07, 6.45) is 2.09. The topological polar surface area (TPSA) is 38.1 Å². The van der Waals surface area contributed by atoms with Crippen molar-refractivity contribution >= 4 is 0 Å². The fourth-order valence-corrected chi connectivity index (χ4v) is 1.70. The summed E-state index contributed by atoms with van der Waals surface area (Å²) in [7, 11) is 0. The van der Waals surface area contributed by atoms with Gasteiger partial charge in [0.2, 0.25) is 0 Å². The van der Waals surface area contributed by atoms with Crippen LogP contribution in [0.2, 0.25) is 0 Å². The van der Waals surface area contributed by atoms with E-state index in [-0.39, 0.29) is 11.3 Å². The van der Waals surface area contributed by atoms with Crippen molar-refractivity contribution in [3.8, 4) is 11.3 Å². The van der Waals surface area contributed by atoms with Crippen molar-refractivity contribution in [1.29, 1.82) is 0 Å². The smallest absolute Gasteiger partial charge is 0.195 e. The summed E-state index contributed by atoms with van der Waals surface area (Å²) in [5.41, 5.74) is 0.322. The lowest BCUT2D eigenvalue weighted by Crippen LogP contribution is -2.14. The van der Waals surface area contributed by atoms with Gasteiger partial charge in [0, 0.05) is 6.54 Å². The molecule has 2 aromatic rings. The quantitative estimate of drug-likeness (QED) is 0.669. The standard InChI is InChI=1S/C13H13F3N2O/c1-2-5-17-6-10-13(19-7-18-10)8-3-4-9(14)12(16)11(8)15/h3-4,7,17H,2,5-6H2,1H3. The van der Waals surface area contributed by atoms with E-state index in [9.17, 15) is 13.2 Å². The Labute approximate surface area is 108 Å². The Hall–Kier alpha value is -1.82. The zero-order valence-electron chi connectivity index (χ0n) is 10.3. The summed E-state index contributed by atoms with van der Waals surface area (Å²) >= 11 is 0. The Morgan fingerprint density at radius 3 is 2.74 bits per heavy atom. The van der Waals surface area contributed by atoms with E-state index >= 15 is 0 Å². The molecule has 0 spiro atoms. The number of aromatic nitrogens is 1. The van der Waals surface area contributed by atoms with E-state index in [1.165, 1.54) is 0 Å². The molecule has 0 radical (unpaired) electrons. The summed E-state index contributed by atoms with van der Waals surface area (Å²) in [6, 6.07) is 2.00. The monoisotopic (exact) mass is 270 g/mol. The number of nitrogens with zero attached hydrogens (tertiary/aromatic N) is 1. The first kappa shape index (κ1) is 13.6. The van der Waals surface area contributed by atoms with Crippen LogP contribution >= 0.6 is 0 Å². The summed E-state index contributed by atoms with van der Waals surface area (Å²) in [6.45, 7) is 3.15. The van der Waals surface area contributed by atoms with Gasteiger partial charge in [0.05, 0.1) is 5.56 Å². The van der Waals surface area contributed by atoms with Gasteiger partial charge in [-0.15, -0.1) is 0 Å². The van der Waals surface area contributed by atoms with E-state index in [0.717, 1.165) is 31.5 Å². The molecule has 0 saturated carbocycles. The highest BCUT2D eigenvalue weighted by molar-refractivity contribution is 5.60. The molecule has 0 atom stereocenters. The molecule has 0 amide bonds. The van der Waals surface area contributed by atoms with Gasteiger partial charge in [-0.2, -0.15) is 0 Å². The lowest BCUT2D eigenvalue weighted by Gasteiger charge is -2.05. The molecule has 102 valence electrons. The van der Waals surface area contributed by atoms with Crippen molar-refractivity contribution in [3.05, 3.63) is 41.7 Å². The second-order valence-corrected chi connectivity index (χ2v) is 4.03. The van der Waals surface area contributed by atoms with Gasteiger partial charge in [0.1, 0.15) is 5.69 Å². The number of rotatable bonds is 5. The normalized spacial score (nSPS) is 10.9. The lowest BCUT2D eigenvalue weighted by atomic mass is 10.1. The van der Waals surface area contributed by atoms with Gasteiger partial charge in [0.25, 0.3) is 0 Å². The van der Waals surface area contributed by atoms with E-state index in [1.54, 1.807) is 0 Å². The van der Waals surface area contributed by atoms with Crippen LogP contribution in [0.15, 0.2) is 22.9 Å². The van der Waals surface area contributed by atoms with Crippen LogP contribution in [0.1, 0.15) is 19.0 Å². The van der Waals surface area contributed by atoms with Gasteiger partial charge in [-0.3, -0.25) is 0 Å². The number of hydrogen-bond acceptors (Lipinski definition) is 3. The van der Waals surface area contributed by atoms with E-state index in [4.69, 9.17) is 4.42 Å². The zero-order chi connectivity index (χ0) is 13.8. The van der Waals surface area contributed by atoms with Crippen molar-refractivity contribution in [2.45, 2.75) is 19.9 Å². The number of benzene rings is 1. The van der Waals surface area contributed by atoms with E-state index in [2.05, 4.69) is 10.3 Å². The van der Waals surface area contributed by atoms with Crippen LogP contribution < -0.4 is 5.32 Å². The third kappa shape index (κ3) is 2.78. The summed E-state index contributed by atoms with van der Waals surface area (Å²) in [4.78, 5) is 3.95. The maximum absolute atomic E-state index is 13.7. The molecule has 1 aromatic heterocycles. The lowest BCUT2D eigenvalue weighted by molar-refractivity contribution is 0.446. The van der Waals surface area contributed by atoms with Crippen LogP contribution in [0.3, 0.4) is 0 Å². The Morgan fingerprint density at radius 1 is 1.21 bits per heavy atom. The van der Waals surface area contributed by atoms with Gasteiger partial charge in [0.15, 0.2) is 29.6 Å². The predicted molar refractivity (Wildman–Crippen MR) is 63.8 cm³/mol. The van der Waals surface area contributed by atoms with E-state index < -0.39 is 17.5 Å². The number of oxazole rings is 1. The van der Waals surface area contributed by atoms with Crippen molar-refractivity contribution in [2.24, 2.45) is 0 Å². The molecule has 0 aliphatic rings. The van der Waals surface area contributed by atoms with Crippen LogP contribution in [0.5, 0.6) is 0 Å². The molecule has 0 bridgehead atoms. The summed E-state index contributed by atoms with van der Waals surface area (Å²) in [5.74, 6) is -3.90. The van der Waals surface area contributed by atoms with Crippen LogP contribution in [0, 0.1) is 17.5 Å². The average Bonchev–Trinajstić information content (AvgIpc) is 2.85. The van der Waals surface area contributed by atoms with Crippen LogP contribution in [-0.2, 0) is 6.54 Å². The molecule has 0 aliphatic heterocycles. The van der Waals surface area contributed by atoms with Crippen molar-refractivity contribution in [2.75, 3.05) is 6.54 Å². The molecule has 0 unspecified atom stereocenters. The minimum atomic E-state index is -1.51. The number of hydrogen-bond donors (Lipinski definition) is 1. The highest BCUT2D eigenvalue weighted by atomic mass is 19.2. The first-order valence-electron chi connectivity index (χ1n) is 5.92. The van der Waals surface area contributed by atoms with Crippen LogP contribution in [-0.4, -0.2) is 11.5 Å². The largest absolute Gasteiger partial charge is 0.443 e. The molecule has 2 rings (SSSR count). The molecule has 3 nitrogen and oxygen atoms in total.